The van der Waals surface area contributed by atoms with Crippen molar-refractivity contribution in [3.8, 4) is 0 Å². The summed E-state index contributed by atoms with van der Waals surface area (Å²) < 4.78 is 3.08. The summed E-state index contributed by atoms with van der Waals surface area (Å²) in [5.74, 6) is -0.200. The van der Waals surface area contributed by atoms with Gasteiger partial charge < -0.3 is 9.64 Å². The molecule has 0 fully saturated rings. The molecule has 0 bridgehead atoms. The quantitative estimate of drug-likeness (QED) is 0.630. The number of halogens is 3. The van der Waals surface area contributed by atoms with Crippen molar-refractivity contribution in [2.45, 2.75) is 3.79 Å². The summed E-state index contributed by atoms with van der Waals surface area (Å²) in [7, 11) is 1.43. The molecule has 1 aromatic rings. The minimum Gasteiger partial charge on any atom is -0.445 e. The number of hydrogen-bond acceptors (Lipinski definition) is 3. The Labute approximate surface area is 126 Å². The number of likely N-dealkylation sites (N-methyl/N-ethyl adjacent to an activating group) is 1. The van der Waals surface area contributed by atoms with Crippen LogP contribution in [0.4, 0.5) is 4.79 Å². The lowest BCUT2D eigenvalue weighted by Gasteiger charge is -2.18. The van der Waals surface area contributed by atoms with Crippen LogP contribution in [-0.2, 0) is 4.74 Å². The first kappa shape index (κ1) is 16.1. The summed E-state index contributed by atoms with van der Waals surface area (Å²) in [6.07, 6.45) is -0.726. The second kappa shape index (κ2) is 6.98. The largest absolute Gasteiger partial charge is 0.445 e. The first-order chi connectivity index (χ1) is 8.79. The Morgan fingerprint density at radius 1 is 1.21 bits per heavy atom. The molecule has 0 saturated heterocycles. The van der Waals surface area contributed by atoms with Gasteiger partial charge in [-0.05, 0) is 0 Å². The zero-order valence-electron chi connectivity index (χ0n) is 10.1. The van der Waals surface area contributed by atoms with Crippen LogP contribution in [0.1, 0.15) is 10.4 Å². The topological polar surface area (TPSA) is 46.6 Å². The Kier molecular flexibility index (Phi) is 5.91. The Hall–Kier alpha value is -0.970. The highest BCUT2D eigenvalue weighted by molar-refractivity contribution is 6.67. The number of rotatable bonds is 4. The van der Waals surface area contributed by atoms with Crippen LogP contribution in [0.3, 0.4) is 0 Å². The fraction of sp³-hybridized carbons (Fsp3) is 0.333. The maximum atomic E-state index is 11.8. The molecule has 1 rings (SSSR count). The van der Waals surface area contributed by atoms with Crippen molar-refractivity contribution in [1.82, 2.24) is 4.90 Å². The smallest absolute Gasteiger partial charge is 0.410 e. The van der Waals surface area contributed by atoms with Gasteiger partial charge in [0.25, 0.3) is 0 Å². The van der Waals surface area contributed by atoms with Gasteiger partial charge in [-0.1, -0.05) is 65.1 Å². The van der Waals surface area contributed by atoms with E-state index in [1.54, 1.807) is 30.3 Å². The Morgan fingerprint density at radius 2 is 1.79 bits per heavy atom. The van der Waals surface area contributed by atoms with Gasteiger partial charge in [-0.25, -0.2) is 4.79 Å². The monoisotopic (exact) mass is 323 g/mol. The van der Waals surface area contributed by atoms with Gasteiger partial charge in [-0.15, -0.1) is 0 Å². The molecule has 0 aromatic heterocycles. The molecule has 0 heterocycles. The van der Waals surface area contributed by atoms with Crippen molar-refractivity contribution in [1.29, 1.82) is 0 Å². The molecule has 4 nitrogen and oxygen atoms in total. The second-order valence-corrected chi connectivity index (χ2v) is 6.33. The summed E-state index contributed by atoms with van der Waals surface area (Å²) in [4.78, 5) is 24.5. The van der Waals surface area contributed by atoms with E-state index in [1.807, 2.05) is 0 Å². The number of carbonyl (C=O) groups is 2. The average Bonchev–Trinajstić information content (AvgIpc) is 2.36. The SMILES string of the molecule is CN(CC(=O)c1ccccc1)C(=O)OCC(Cl)(Cl)Cl. The van der Waals surface area contributed by atoms with E-state index in [-0.39, 0.29) is 18.9 Å². The molecule has 0 spiro atoms. The number of Topliss-reactive ketones (excluding diaryl/α,β-unsaturated/α-hetero) is 1. The summed E-state index contributed by atoms with van der Waals surface area (Å²) in [5.41, 5.74) is 0.517. The second-order valence-electron chi connectivity index (χ2n) is 3.82. The van der Waals surface area contributed by atoms with Crippen molar-refractivity contribution in [3.63, 3.8) is 0 Å². The fourth-order valence-corrected chi connectivity index (χ4v) is 1.41. The maximum absolute atomic E-state index is 11.8. The zero-order valence-corrected chi connectivity index (χ0v) is 12.4. The Morgan fingerprint density at radius 3 is 2.32 bits per heavy atom. The Bertz CT molecular complexity index is 445. The van der Waals surface area contributed by atoms with Gasteiger partial charge >= 0.3 is 6.09 Å². The third-order valence-corrected chi connectivity index (χ3v) is 2.47. The molecule has 0 aliphatic heterocycles. The van der Waals surface area contributed by atoms with Crippen LogP contribution in [-0.4, -0.2) is 40.8 Å². The highest BCUT2D eigenvalue weighted by Gasteiger charge is 2.24. The van der Waals surface area contributed by atoms with Gasteiger partial charge in [0, 0.05) is 12.6 Å². The van der Waals surface area contributed by atoms with Crippen molar-refractivity contribution in [2.24, 2.45) is 0 Å². The molecule has 7 heteroatoms. The Balaban J connectivity index is 2.48. The molecule has 0 N–H and O–H groups in total. The molecular weight excluding hydrogens is 312 g/mol. The number of alkyl halides is 3. The lowest BCUT2D eigenvalue weighted by molar-refractivity contribution is 0.0873. The van der Waals surface area contributed by atoms with Crippen LogP contribution in [0, 0.1) is 0 Å². The van der Waals surface area contributed by atoms with Crippen molar-refractivity contribution in [2.75, 3.05) is 20.2 Å². The van der Waals surface area contributed by atoms with E-state index >= 15 is 0 Å². The zero-order chi connectivity index (χ0) is 14.5. The van der Waals surface area contributed by atoms with E-state index < -0.39 is 9.89 Å². The van der Waals surface area contributed by atoms with Crippen LogP contribution in [0.15, 0.2) is 30.3 Å². The molecule has 0 radical (unpaired) electrons. The first-order valence-corrected chi connectivity index (χ1v) is 6.46. The summed E-state index contributed by atoms with van der Waals surface area (Å²) >= 11 is 16.4. The predicted octanol–water partition coefficient (Wildman–Crippen LogP) is 3.31. The molecule has 0 aliphatic rings. The normalized spacial score (nSPS) is 10.9. The first-order valence-electron chi connectivity index (χ1n) is 5.32. The lowest BCUT2D eigenvalue weighted by atomic mass is 10.1. The van der Waals surface area contributed by atoms with E-state index in [9.17, 15) is 9.59 Å². The van der Waals surface area contributed by atoms with Gasteiger partial charge in [0.15, 0.2) is 5.78 Å². The van der Waals surface area contributed by atoms with E-state index in [1.165, 1.54) is 7.05 Å². The van der Waals surface area contributed by atoms with E-state index in [0.717, 1.165) is 4.90 Å². The van der Waals surface area contributed by atoms with E-state index in [0.29, 0.717) is 5.56 Å². The number of carbonyl (C=O) groups excluding carboxylic acids is 2. The van der Waals surface area contributed by atoms with Crippen molar-refractivity contribution < 1.29 is 14.3 Å². The third-order valence-electron chi connectivity index (χ3n) is 2.15. The summed E-state index contributed by atoms with van der Waals surface area (Å²) in [5, 5.41) is 0. The lowest BCUT2D eigenvalue weighted by Crippen LogP contribution is -2.34. The van der Waals surface area contributed by atoms with Gasteiger partial charge in [-0.3, -0.25) is 4.79 Å². The van der Waals surface area contributed by atoms with Crippen LogP contribution in [0.25, 0.3) is 0 Å². The highest BCUT2D eigenvalue weighted by atomic mass is 35.6. The number of ketones is 1. The van der Waals surface area contributed by atoms with Crippen LogP contribution in [0.2, 0.25) is 0 Å². The van der Waals surface area contributed by atoms with E-state index in [4.69, 9.17) is 39.5 Å². The van der Waals surface area contributed by atoms with Crippen molar-refractivity contribution >= 4 is 46.7 Å². The number of ether oxygens (including phenoxy) is 1. The van der Waals surface area contributed by atoms with Gasteiger partial charge in [-0.2, -0.15) is 0 Å². The molecule has 104 valence electrons. The minimum absolute atomic E-state index is 0.108. The summed E-state index contributed by atoms with van der Waals surface area (Å²) in [6.45, 7) is -0.483. The third kappa shape index (κ3) is 6.14. The number of benzene rings is 1. The average molecular weight is 325 g/mol. The van der Waals surface area contributed by atoms with E-state index in [2.05, 4.69) is 0 Å². The molecule has 19 heavy (non-hydrogen) atoms. The molecule has 1 amide bonds. The molecule has 0 aliphatic carbocycles. The molecule has 1 aromatic carbocycles. The maximum Gasteiger partial charge on any atom is 0.410 e. The fourth-order valence-electron chi connectivity index (χ4n) is 1.25. The van der Waals surface area contributed by atoms with Crippen molar-refractivity contribution in [3.05, 3.63) is 35.9 Å². The molecular formula is C12H12Cl3NO3. The number of amides is 1. The predicted molar refractivity (Wildman–Crippen MR) is 75.0 cm³/mol. The van der Waals surface area contributed by atoms with Crippen LogP contribution >= 0.6 is 34.8 Å². The number of hydrogen-bond donors (Lipinski definition) is 0. The van der Waals surface area contributed by atoms with Gasteiger partial charge in [0.1, 0.15) is 6.61 Å². The molecule has 0 saturated carbocycles. The number of nitrogens with zero attached hydrogens (tertiary/aromatic N) is 1. The highest BCUT2D eigenvalue weighted by Crippen LogP contribution is 2.26. The van der Waals surface area contributed by atoms with Crippen LogP contribution < -0.4 is 0 Å². The van der Waals surface area contributed by atoms with Crippen LogP contribution in [0.5, 0.6) is 0 Å². The standard InChI is InChI=1S/C12H12Cl3NO3/c1-16(11(18)19-8-12(13,14)15)7-10(17)9-5-3-2-4-6-9/h2-6H,7-8H2,1H3. The molecule has 0 unspecified atom stereocenters. The summed E-state index contributed by atoms with van der Waals surface area (Å²) in [6, 6.07) is 8.63. The minimum atomic E-state index is -1.67. The van der Waals surface area contributed by atoms with Gasteiger partial charge in [0.2, 0.25) is 3.79 Å². The molecule has 0 atom stereocenters. The van der Waals surface area contributed by atoms with Gasteiger partial charge in [0.05, 0.1) is 6.54 Å².